The van der Waals surface area contributed by atoms with Crippen LogP contribution in [0.1, 0.15) is 30.5 Å². The van der Waals surface area contributed by atoms with E-state index in [1.165, 1.54) is 4.88 Å². The molecule has 0 radical (unpaired) electrons. The van der Waals surface area contributed by atoms with Crippen LogP contribution in [0.15, 0.2) is 29.5 Å². The first-order valence-electron chi connectivity index (χ1n) is 8.31. The fourth-order valence-corrected chi connectivity index (χ4v) is 3.58. The van der Waals surface area contributed by atoms with Crippen LogP contribution in [0.4, 0.5) is 0 Å². The van der Waals surface area contributed by atoms with Gasteiger partial charge in [0.05, 0.1) is 10.9 Å². The highest BCUT2D eigenvalue weighted by atomic mass is 35.5. The number of imidazole rings is 1. The lowest BCUT2D eigenvalue weighted by Gasteiger charge is -2.21. The molecule has 0 aliphatic heterocycles. The molecular formula is C17H26ClN5S. The highest BCUT2D eigenvalue weighted by molar-refractivity contribution is 7.16. The van der Waals surface area contributed by atoms with Crippen LogP contribution in [0, 0.1) is 6.92 Å². The van der Waals surface area contributed by atoms with E-state index in [0.717, 1.165) is 55.1 Å². The molecule has 1 N–H and O–H groups in total. The van der Waals surface area contributed by atoms with Crippen LogP contribution < -0.4 is 5.32 Å². The summed E-state index contributed by atoms with van der Waals surface area (Å²) in [6.07, 6.45) is 6.04. The number of rotatable bonds is 8. The lowest BCUT2D eigenvalue weighted by Crippen LogP contribution is -2.38. The Balaban J connectivity index is 1.79. The quantitative estimate of drug-likeness (QED) is 0.438. The fraction of sp³-hybridized carbons (Fsp3) is 0.529. The lowest BCUT2D eigenvalue weighted by molar-refractivity contribution is 0.480. The van der Waals surface area contributed by atoms with Crippen LogP contribution in [0.25, 0.3) is 0 Å². The molecule has 0 fully saturated rings. The maximum Gasteiger partial charge on any atom is 0.193 e. The summed E-state index contributed by atoms with van der Waals surface area (Å²) in [6, 6.07) is 4.01. The largest absolute Gasteiger partial charge is 0.357 e. The van der Waals surface area contributed by atoms with E-state index in [0.29, 0.717) is 0 Å². The number of aliphatic imine (C=N–C) groups is 1. The second kappa shape index (κ2) is 9.69. The molecular weight excluding hydrogens is 342 g/mol. The predicted molar refractivity (Wildman–Crippen MR) is 103 cm³/mol. The Hall–Kier alpha value is -1.53. The van der Waals surface area contributed by atoms with Crippen molar-refractivity contribution in [3.05, 3.63) is 39.6 Å². The average Bonchev–Trinajstić information content (AvgIpc) is 3.14. The summed E-state index contributed by atoms with van der Waals surface area (Å²) in [5.74, 6) is 2.02. The van der Waals surface area contributed by atoms with Gasteiger partial charge in [-0.1, -0.05) is 11.6 Å². The first-order valence-corrected chi connectivity index (χ1v) is 9.51. The summed E-state index contributed by atoms with van der Waals surface area (Å²) in [5.41, 5.74) is 0. The minimum atomic E-state index is 0.817. The van der Waals surface area contributed by atoms with E-state index in [4.69, 9.17) is 16.6 Å². The second-order valence-electron chi connectivity index (χ2n) is 5.67. The molecule has 0 aliphatic carbocycles. The van der Waals surface area contributed by atoms with Crippen LogP contribution in [0.2, 0.25) is 4.34 Å². The van der Waals surface area contributed by atoms with Crippen LogP contribution in [0.5, 0.6) is 0 Å². The minimum absolute atomic E-state index is 0.817. The van der Waals surface area contributed by atoms with Gasteiger partial charge in [0.15, 0.2) is 5.96 Å². The molecule has 0 saturated carbocycles. The van der Waals surface area contributed by atoms with Crippen molar-refractivity contribution in [3.63, 3.8) is 0 Å². The molecule has 2 heterocycles. The number of unbranched alkanes of at least 4 members (excludes halogenated alkanes) is 1. The molecule has 7 heteroatoms. The third-order valence-corrected chi connectivity index (χ3v) is 4.93. The number of guanidine groups is 1. The van der Waals surface area contributed by atoms with Crippen molar-refractivity contribution in [1.29, 1.82) is 0 Å². The van der Waals surface area contributed by atoms with E-state index in [2.05, 4.69) is 39.8 Å². The summed E-state index contributed by atoms with van der Waals surface area (Å²) in [7, 11) is 2.06. The Kier molecular flexibility index (Phi) is 7.59. The van der Waals surface area contributed by atoms with Crippen molar-refractivity contribution in [1.82, 2.24) is 19.8 Å². The first kappa shape index (κ1) is 18.8. The summed E-state index contributed by atoms with van der Waals surface area (Å²) in [4.78, 5) is 12.4. The highest BCUT2D eigenvalue weighted by Crippen LogP contribution is 2.22. The van der Waals surface area contributed by atoms with E-state index in [9.17, 15) is 0 Å². The SMILES string of the molecule is CCNC(=NCCCCn1ccnc1C)N(C)Cc1ccc(Cl)s1. The van der Waals surface area contributed by atoms with Crippen molar-refractivity contribution in [2.24, 2.45) is 4.99 Å². The van der Waals surface area contributed by atoms with Crippen molar-refractivity contribution >= 4 is 28.9 Å². The van der Waals surface area contributed by atoms with E-state index in [1.54, 1.807) is 11.3 Å². The Bertz CT molecular complexity index is 649. The van der Waals surface area contributed by atoms with Crippen molar-refractivity contribution in [2.45, 2.75) is 39.8 Å². The van der Waals surface area contributed by atoms with Gasteiger partial charge >= 0.3 is 0 Å². The molecule has 2 aromatic rings. The van der Waals surface area contributed by atoms with Gasteiger partial charge in [0.2, 0.25) is 0 Å². The number of hydrogen-bond acceptors (Lipinski definition) is 3. The van der Waals surface area contributed by atoms with Crippen LogP contribution >= 0.6 is 22.9 Å². The number of nitrogens with one attached hydrogen (secondary N) is 1. The molecule has 24 heavy (non-hydrogen) atoms. The summed E-state index contributed by atoms with van der Waals surface area (Å²) >= 11 is 7.62. The number of nitrogens with zero attached hydrogens (tertiary/aromatic N) is 4. The molecule has 0 saturated heterocycles. The van der Waals surface area contributed by atoms with Crippen LogP contribution in [-0.4, -0.2) is 40.5 Å². The second-order valence-corrected chi connectivity index (χ2v) is 7.47. The molecule has 0 spiro atoms. The lowest BCUT2D eigenvalue weighted by atomic mass is 10.3. The zero-order chi connectivity index (χ0) is 17.4. The molecule has 132 valence electrons. The standard InChI is InChI=1S/C17H26ClN5S/c1-4-19-17(22(3)13-15-7-8-16(18)24-15)21-9-5-6-11-23-12-10-20-14(23)2/h7-8,10,12H,4-6,9,11,13H2,1-3H3,(H,19,21). The maximum absolute atomic E-state index is 6.00. The number of thiophene rings is 1. The Labute approximate surface area is 153 Å². The highest BCUT2D eigenvalue weighted by Gasteiger charge is 2.08. The van der Waals surface area contributed by atoms with Crippen LogP contribution in [0.3, 0.4) is 0 Å². The normalized spacial score (nSPS) is 11.8. The van der Waals surface area contributed by atoms with Gasteiger partial charge in [-0.2, -0.15) is 0 Å². The Morgan fingerprint density at radius 2 is 2.25 bits per heavy atom. The molecule has 0 unspecified atom stereocenters. The van der Waals surface area contributed by atoms with Gasteiger partial charge in [0.25, 0.3) is 0 Å². The molecule has 0 aliphatic rings. The fourth-order valence-electron chi connectivity index (χ4n) is 2.43. The van der Waals surface area contributed by atoms with Gasteiger partial charge in [-0.3, -0.25) is 4.99 Å². The number of hydrogen-bond donors (Lipinski definition) is 1. The number of halogens is 1. The van der Waals surface area contributed by atoms with E-state index >= 15 is 0 Å². The topological polar surface area (TPSA) is 45.5 Å². The smallest absolute Gasteiger partial charge is 0.193 e. The van der Waals surface area contributed by atoms with Crippen molar-refractivity contribution < 1.29 is 0 Å². The molecule has 0 bridgehead atoms. The molecule has 0 aromatic carbocycles. The van der Waals surface area contributed by atoms with Gasteiger partial charge in [-0.05, 0) is 38.8 Å². The summed E-state index contributed by atoms with van der Waals surface area (Å²) in [6.45, 7) is 7.63. The predicted octanol–water partition coefficient (Wildman–Crippen LogP) is 3.78. The van der Waals surface area contributed by atoms with Gasteiger partial charge in [-0.15, -0.1) is 11.3 Å². The third kappa shape index (κ3) is 5.83. The number of aryl methyl sites for hydroxylation is 2. The van der Waals surface area contributed by atoms with Gasteiger partial charge in [-0.25, -0.2) is 4.98 Å². The number of aromatic nitrogens is 2. The van der Waals surface area contributed by atoms with Gasteiger partial charge in [0, 0.05) is 44.0 Å². The maximum atomic E-state index is 6.00. The summed E-state index contributed by atoms with van der Waals surface area (Å²) in [5, 5.41) is 3.36. The molecule has 0 amide bonds. The first-order chi connectivity index (χ1) is 11.6. The molecule has 0 atom stereocenters. The molecule has 5 nitrogen and oxygen atoms in total. The zero-order valence-electron chi connectivity index (χ0n) is 14.6. The van der Waals surface area contributed by atoms with E-state index in [1.807, 2.05) is 25.4 Å². The average molecular weight is 368 g/mol. The van der Waals surface area contributed by atoms with E-state index in [-0.39, 0.29) is 0 Å². The van der Waals surface area contributed by atoms with Crippen LogP contribution in [-0.2, 0) is 13.1 Å². The van der Waals surface area contributed by atoms with Crippen molar-refractivity contribution in [3.8, 4) is 0 Å². The van der Waals surface area contributed by atoms with Gasteiger partial charge in [0.1, 0.15) is 5.82 Å². The minimum Gasteiger partial charge on any atom is -0.357 e. The van der Waals surface area contributed by atoms with Gasteiger partial charge < -0.3 is 14.8 Å². The summed E-state index contributed by atoms with van der Waals surface area (Å²) < 4.78 is 3.01. The molecule has 2 rings (SSSR count). The zero-order valence-corrected chi connectivity index (χ0v) is 16.2. The van der Waals surface area contributed by atoms with E-state index < -0.39 is 0 Å². The van der Waals surface area contributed by atoms with Crippen molar-refractivity contribution in [2.75, 3.05) is 20.1 Å². The third-order valence-electron chi connectivity index (χ3n) is 3.71. The monoisotopic (exact) mass is 367 g/mol. The Morgan fingerprint density at radius 3 is 2.88 bits per heavy atom. The molecule has 2 aromatic heterocycles. The Morgan fingerprint density at radius 1 is 1.42 bits per heavy atom.